The molecule has 3 heterocycles. The van der Waals surface area contributed by atoms with Gasteiger partial charge in [0.2, 0.25) is 12.0 Å². The van der Waals surface area contributed by atoms with Crippen LogP contribution >= 0.6 is 0 Å². The van der Waals surface area contributed by atoms with Gasteiger partial charge in [0.25, 0.3) is 5.91 Å². The maximum absolute atomic E-state index is 14.6. The molecule has 2 atom stereocenters. The van der Waals surface area contributed by atoms with Crippen LogP contribution in [0.25, 0.3) is 38.9 Å². The van der Waals surface area contributed by atoms with Gasteiger partial charge in [0.1, 0.15) is 30.4 Å². The molecule has 1 fully saturated rings. The summed E-state index contributed by atoms with van der Waals surface area (Å²) in [5.74, 6) is 2.31. The third kappa shape index (κ3) is 6.89. The maximum Gasteiger partial charge on any atom is 0.417 e. The van der Waals surface area contributed by atoms with Gasteiger partial charge in [-0.2, -0.15) is 0 Å². The van der Waals surface area contributed by atoms with Crippen LogP contribution in [0, 0.1) is 6.92 Å². The van der Waals surface area contributed by atoms with Gasteiger partial charge in [0.05, 0.1) is 35.3 Å². The quantitative estimate of drug-likeness (QED) is 0.121. The first-order chi connectivity index (χ1) is 28.5. The number of hydrogen-bond donors (Lipinski definition) is 0. The van der Waals surface area contributed by atoms with E-state index in [1.807, 2.05) is 159 Å². The van der Waals surface area contributed by atoms with Gasteiger partial charge in [-0.3, -0.25) is 4.79 Å². The minimum Gasteiger partial charge on any atom is -0.493 e. The van der Waals surface area contributed by atoms with Crippen molar-refractivity contribution < 1.29 is 33.0 Å². The Bertz CT molecular complexity index is 2750. The molecule has 2 amide bonds. The molecule has 1 aliphatic heterocycles. The van der Waals surface area contributed by atoms with E-state index >= 15 is 0 Å². The van der Waals surface area contributed by atoms with Gasteiger partial charge in [0.15, 0.2) is 11.5 Å². The highest BCUT2D eigenvalue weighted by molar-refractivity contribution is 6.12. The number of carbonyl (C=O) groups is 2. The van der Waals surface area contributed by atoms with Gasteiger partial charge in [-0.25, -0.2) is 14.7 Å². The van der Waals surface area contributed by atoms with Crippen molar-refractivity contribution in [3.05, 3.63) is 174 Å². The van der Waals surface area contributed by atoms with Crippen LogP contribution in [0.4, 0.5) is 4.79 Å². The number of cyclic esters (lactones) is 1. The molecule has 1 unspecified atom stereocenters. The van der Waals surface area contributed by atoms with Crippen molar-refractivity contribution in [2.45, 2.75) is 32.1 Å². The van der Waals surface area contributed by atoms with Gasteiger partial charge in [-0.05, 0) is 61.4 Å². The second-order valence-electron chi connectivity index (χ2n) is 14.1. The molecule has 0 radical (unpaired) electrons. The fourth-order valence-corrected chi connectivity index (χ4v) is 7.60. The Morgan fingerprint density at radius 1 is 0.793 bits per heavy atom. The van der Waals surface area contributed by atoms with E-state index in [-0.39, 0.29) is 13.2 Å². The van der Waals surface area contributed by atoms with Crippen LogP contribution in [0.15, 0.2) is 156 Å². The fourth-order valence-electron chi connectivity index (χ4n) is 7.60. The van der Waals surface area contributed by atoms with E-state index < -0.39 is 24.1 Å². The number of imide groups is 1. The Balaban J connectivity index is 1.05. The monoisotopic (exact) mass is 769 g/mol. The normalized spacial score (nSPS) is 14.4. The van der Waals surface area contributed by atoms with E-state index in [1.54, 1.807) is 7.11 Å². The van der Waals surface area contributed by atoms with Crippen LogP contribution in [-0.2, 0) is 22.6 Å². The van der Waals surface area contributed by atoms with Gasteiger partial charge >= 0.3 is 6.09 Å². The highest BCUT2D eigenvalue weighted by Crippen LogP contribution is 2.41. The fraction of sp³-hybridized carbons (Fsp3) is 0.146. The lowest BCUT2D eigenvalue weighted by molar-refractivity contribution is -0.136. The topological polar surface area (TPSA) is 105 Å². The van der Waals surface area contributed by atoms with Crippen LogP contribution in [0.2, 0.25) is 0 Å². The van der Waals surface area contributed by atoms with Crippen molar-refractivity contribution in [2.24, 2.45) is 0 Å². The van der Waals surface area contributed by atoms with Crippen LogP contribution < -0.4 is 14.2 Å². The zero-order valence-corrected chi connectivity index (χ0v) is 31.9. The molecular weight excluding hydrogens is 731 g/mol. The molecule has 8 aromatic rings. The average molecular weight is 770 g/mol. The molecule has 6 aromatic carbocycles. The second-order valence-corrected chi connectivity index (χ2v) is 14.1. The van der Waals surface area contributed by atoms with Crippen LogP contribution in [0.3, 0.4) is 0 Å². The van der Waals surface area contributed by atoms with Gasteiger partial charge < -0.3 is 27.9 Å². The summed E-state index contributed by atoms with van der Waals surface area (Å²) >= 11 is 0. The Labute approximate surface area is 334 Å². The standard InChI is InChI=1S/C48H39N3O7/c1-31-38(49-46(57-31)34-19-10-5-11-20-34)30-55-41-26-25-35(28-43(41)54-2)50-39-22-13-12-21-37(39)44-40(50)23-14-24-42(44)58-45(33-17-8-4-9-18-33)47(52)51-36(29-56-48(51)53)27-32-15-6-3-7-16-32/h3-26,28,36,45H,27,29-30H2,1-2H3/t36-,45?/m0/s1. The maximum atomic E-state index is 14.6. The first kappa shape index (κ1) is 36.3. The van der Waals surface area contributed by atoms with Gasteiger partial charge in [-0.15, -0.1) is 0 Å². The lowest BCUT2D eigenvalue weighted by Gasteiger charge is -2.26. The number of aromatic nitrogens is 2. The third-order valence-corrected chi connectivity index (χ3v) is 10.4. The van der Waals surface area contributed by atoms with Gasteiger partial charge in [0, 0.05) is 22.6 Å². The molecule has 0 spiro atoms. The van der Waals surface area contributed by atoms with E-state index in [0.29, 0.717) is 46.6 Å². The van der Waals surface area contributed by atoms with Crippen LogP contribution in [0.5, 0.6) is 17.2 Å². The van der Waals surface area contributed by atoms with Crippen LogP contribution in [-0.4, -0.2) is 46.2 Å². The molecular formula is C48H39N3O7. The zero-order valence-electron chi connectivity index (χ0n) is 31.9. The number of carbonyl (C=O) groups excluding carboxylic acids is 2. The summed E-state index contributed by atoms with van der Waals surface area (Å²) < 4.78 is 32.5. The molecule has 288 valence electrons. The number of rotatable bonds is 12. The van der Waals surface area contributed by atoms with Crippen LogP contribution in [0.1, 0.15) is 28.7 Å². The zero-order chi connectivity index (χ0) is 39.6. The largest absolute Gasteiger partial charge is 0.493 e. The number of aryl methyl sites for hydroxylation is 1. The number of ether oxygens (including phenoxy) is 4. The Hall–Kier alpha value is -7.33. The SMILES string of the molecule is COc1cc(-n2c3ccccc3c3c(OC(C(=O)N4C(=O)OC[C@@H]4Cc4ccccc4)c4ccccc4)cccc32)ccc1OCc1nc(-c2ccccc2)oc1C. The number of amides is 2. The number of oxazole rings is 1. The molecule has 1 aliphatic rings. The number of para-hydroxylation sites is 1. The van der Waals surface area contributed by atoms with Crippen molar-refractivity contribution in [2.75, 3.05) is 13.7 Å². The predicted octanol–water partition coefficient (Wildman–Crippen LogP) is 10.0. The summed E-state index contributed by atoms with van der Waals surface area (Å²) in [6, 6.07) is 47.9. The second kappa shape index (κ2) is 15.7. The Morgan fingerprint density at radius 2 is 1.50 bits per heavy atom. The average Bonchev–Trinajstić information content (AvgIpc) is 3.94. The highest BCUT2D eigenvalue weighted by Gasteiger charge is 2.42. The lowest BCUT2D eigenvalue weighted by Crippen LogP contribution is -2.44. The summed E-state index contributed by atoms with van der Waals surface area (Å²) in [6.45, 7) is 2.17. The minimum absolute atomic E-state index is 0.104. The van der Waals surface area contributed by atoms with E-state index in [9.17, 15) is 9.59 Å². The van der Waals surface area contributed by atoms with Crippen molar-refractivity contribution in [1.82, 2.24) is 14.5 Å². The summed E-state index contributed by atoms with van der Waals surface area (Å²) in [5, 5.41) is 1.73. The van der Waals surface area contributed by atoms with Crippen molar-refractivity contribution in [3.63, 3.8) is 0 Å². The van der Waals surface area contributed by atoms with Gasteiger partial charge in [-0.1, -0.05) is 103 Å². The third-order valence-electron chi connectivity index (χ3n) is 10.4. The van der Waals surface area contributed by atoms with E-state index in [2.05, 4.69) is 9.55 Å². The summed E-state index contributed by atoms with van der Waals surface area (Å²) in [4.78, 5) is 33.7. The van der Waals surface area contributed by atoms with Crippen molar-refractivity contribution >= 4 is 33.8 Å². The number of fused-ring (bicyclic) bond motifs is 3. The molecule has 2 aromatic heterocycles. The molecule has 0 bridgehead atoms. The van der Waals surface area contributed by atoms with Crippen molar-refractivity contribution in [1.29, 1.82) is 0 Å². The molecule has 9 rings (SSSR count). The Kier molecular flexibility index (Phi) is 9.81. The summed E-state index contributed by atoms with van der Waals surface area (Å²) in [5.41, 5.74) is 5.80. The number of hydrogen-bond acceptors (Lipinski definition) is 8. The minimum atomic E-state index is -1.13. The molecule has 10 heteroatoms. The first-order valence-corrected chi connectivity index (χ1v) is 19.1. The smallest absolute Gasteiger partial charge is 0.417 e. The molecule has 58 heavy (non-hydrogen) atoms. The van der Waals surface area contributed by atoms with E-state index in [1.165, 1.54) is 4.90 Å². The highest BCUT2D eigenvalue weighted by atomic mass is 16.6. The molecule has 0 N–H and O–H groups in total. The number of benzene rings is 6. The van der Waals surface area contributed by atoms with Crippen molar-refractivity contribution in [3.8, 4) is 34.4 Å². The lowest BCUT2D eigenvalue weighted by atomic mass is 10.0. The van der Waals surface area contributed by atoms with E-state index in [4.69, 9.17) is 23.4 Å². The number of methoxy groups -OCH3 is 1. The molecule has 0 aliphatic carbocycles. The first-order valence-electron chi connectivity index (χ1n) is 19.1. The number of nitrogens with zero attached hydrogens (tertiary/aromatic N) is 3. The van der Waals surface area contributed by atoms with E-state index in [0.717, 1.165) is 38.6 Å². The molecule has 0 saturated carbocycles. The predicted molar refractivity (Wildman–Crippen MR) is 220 cm³/mol. The Morgan fingerprint density at radius 3 is 2.28 bits per heavy atom. The summed E-state index contributed by atoms with van der Waals surface area (Å²) in [7, 11) is 1.61. The molecule has 1 saturated heterocycles. The molecule has 10 nitrogen and oxygen atoms in total. The summed E-state index contributed by atoms with van der Waals surface area (Å²) in [6.07, 6.45) is -1.35.